The minimum absolute atomic E-state index is 0.204. The van der Waals surface area contributed by atoms with E-state index in [4.69, 9.17) is 10.8 Å². The van der Waals surface area contributed by atoms with E-state index in [1.165, 1.54) is 13.3 Å². The van der Waals surface area contributed by atoms with E-state index < -0.39 is 48.4 Å². The smallest absolute Gasteiger partial charge is 0.325 e. The number of hydrogen-bond acceptors (Lipinski definition) is 6. The largest absolute Gasteiger partial charge is 0.480 e. The summed E-state index contributed by atoms with van der Waals surface area (Å²) in [4.78, 5) is 54.0. The van der Waals surface area contributed by atoms with Crippen molar-refractivity contribution in [1.29, 1.82) is 0 Å². The van der Waals surface area contributed by atoms with Crippen LogP contribution in [0.4, 0.5) is 0 Å². The first-order chi connectivity index (χ1) is 13.1. The summed E-state index contributed by atoms with van der Waals surface area (Å²) in [7, 11) is 0. The van der Waals surface area contributed by atoms with Gasteiger partial charge in [0.15, 0.2) is 0 Å². The fourth-order valence-electron chi connectivity index (χ4n) is 2.32. The average molecular weight is 396 g/mol. The summed E-state index contributed by atoms with van der Waals surface area (Å²) >= 11 is 0. The predicted octanol–water partition coefficient (Wildman–Crippen LogP) is -1.48. The first-order valence-electron chi connectivity index (χ1n) is 8.98. The number of aliphatic carboxylic acids is 1. The summed E-state index contributed by atoms with van der Waals surface area (Å²) in [5.41, 5.74) is 6.58. The lowest BCUT2D eigenvalue weighted by Gasteiger charge is -2.25. The molecule has 11 heteroatoms. The van der Waals surface area contributed by atoms with Crippen molar-refractivity contribution < 1.29 is 24.3 Å². The molecule has 0 aliphatic carbocycles. The molecule has 0 bridgehead atoms. The molecule has 28 heavy (non-hydrogen) atoms. The summed E-state index contributed by atoms with van der Waals surface area (Å²) in [6, 6.07) is -2.83. The summed E-state index contributed by atoms with van der Waals surface area (Å²) < 4.78 is 0. The van der Waals surface area contributed by atoms with Gasteiger partial charge in [-0.15, -0.1) is 0 Å². The van der Waals surface area contributed by atoms with Gasteiger partial charge in [0.05, 0.1) is 18.9 Å². The van der Waals surface area contributed by atoms with Crippen molar-refractivity contribution in [3.63, 3.8) is 0 Å². The normalized spacial score (nSPS) is 15.0. The number of amides is 3. The third-order valence-corrected chi connectivity index (χ3v) is 4.30. The molecule has 11 nitrogen and oxygen atoms in total. The highest BCUT2D eigenvalue weighted by Crippen LogP contribution is 2.09. The third-order valence-electron chi connectivity index (χ3n) is 4.30. The number of H-pyrrole nitrogens is 1. The van der Waals surface area contributed by atoms with Gasteiger partial charge in [-0.25, -0.2) is 4.98 Å². The number of carbonyl (C=O) groups is 4. The standard InChI is InChI=1S/C17H28N6O5/c1-4-9(2)14(16(26)20-7-13(24)22-10(3)17(27)28)23-15(25)12(18)5-11-6-19-8-21-11/h6,8-10,12,14H,4-5,7,18H2,1-3H3,(H,19,21)(H,20,26)(H,22,24)(H,23,25)(H,27,28). The van der Waals surface area contributed by atoms with E-state index >= 15 is 0 Å². The highest BCUT2D eigenvalue weighted by atomic mass is 16.4. The van der Waals surface area contributed by atoms with E-state index in [9.17, 15) is 19.2 Å². The number of nitrogens with zero attached hydrogens (tertiary/aromatic N) is 1. The van der Waals surface area contributed by atoms with Crippen LogP contribution in [-0.2, 0) is 25.6 Å². The first-order valence-corrected chi connectivity index (χ1v) is 8.98. The molecule has 4 unspecified atom stereocenters. The molecule has 1 rings (SSSR count). The van der Waals surface area contributed by atoms with E-state index in [1.54, 1.807) is 13.1 Å². The van der Waals surface area contributed by atoms with Gasteiger partial charge in [-0.1, -0.05) is 20.3 Å². The Bertz CT molecular complexity index is 678. The molecule has 156 valence electrons. The van der Waals surface area contributed by atoms with Crippen molar-refractivity contribution in [3.05, 3.63) is 18.2 Å². The second kappa shape index (κ2) is 11.0. The van der Waals surface area contributed by atoms with E-state index in [0.717, 1.165) is 0 Å². The van der Waals surface area contributed by atoms with Crippen molar-refractivity contribution in [2.75, 3.05) is 6.54 Å². The number of nitrogens with two attached hydrogens (primary N) is 1. The zero-order chi connectivity index (χ0) is 21.3. The van der Waals surface area contributed by atoms with Crippen molar-refractivity contribution in [1.82, 2.24) is 25.9 Å². The molecule has 0 aromatic carbocycles. The Morgan fingerprint density at radius 1 is 1.21 bits per heavy atom. The highest BCUT2D eigenvalue weighted by Gasteiger charge is 2.28. The van der Waals surface area contributed by atoms with E-state index in [0.29, 0.717) is 12.1 Å². The van der Waals surface area contributed by atoms with Gasteiger partial charge in [-0.3, -0.25) is 19.2 Å². The van der Waals surface area contributed by atoms with Gasteiger partial charge in [0.2, 0.25) is 17.7 Å². The molecule has 4 atom stereocenters. The second-order valence-electron chi connectivity index (χ2n) is 6.60. The number of carboxylic acids is 1. The second-order valence-corrected chi connectivity index (χ2v) is 6.60. The van der Waals surface area contributed by atoms with Crippen molar-refractivity contribution in [2.45, 2.75) is 51.7 Å². The Morgan fingerprint density at radius 3 is 2.43 bits per heavy atom. The zero-order valence-electron chi connectivity index (χ0n) is 16.2. The molecule has 0 radical (unpaired) electrons. The van der Waals surface area contributed by atoms with E-state index in [1.807, 2.05) is 6.92 Å². The Kier molecular flexibility index (Phi) is 9.09. The number of hydrogen-bond donors (Lipinski definition) is 6. The molecule has 1 heterocycles. The Hall–Kier alpha value is -2.95. The molecular weight excluding hydrogens is 368 g/mol. The van der Waals surface area contributed by atoms with Crippen molar-refractivity contribution >= 4 is 23.7 Å². The van der Waals surface area contributed by atoms with Crippen LogP contribution in [0, 0.1) is 5.92 Å². The van der Waals surface area contributed by atoms with Crippen LogP contribution in [-0.4, -0.2) is 63.4 Å². The van der Waals surface area contributed by atoms with Gasteiger partial charge in [0, 0.05) is 18.3 Å². The van der Waals surface area contributed by atoms with Crippen molar-refractivity contribution in [3.8, 4) is 0 Å². The van der Waals surface area contributed by atoms with E-state index in [-0.39, 0.29) is 12.3 Å². The molecule has 0 fully saturated rings. The quantitative estimate of drug-likeness (QED) is 0.264. The SMILES string of the molecule is CCC(C)C(NC(=O)C(N)Cc1cnc[nH]1)C(=O)NCC(=O)NC(C)C(=O)O. The van der Waals surface area contributed by atoms with Crippen LogP contribution in [0.3, 0.4) is 0 Å². The summed E-state index contributed by atoms with van der Waals surface area (Å²) in [6.45, 7) is 4.56. The van der Waals surface area contributed by atoms with Crippen LogP contribution in [0.2, 0.25) is 0 Å². The molecule has 0 aliphatic rings. The first kappa shape index (κ1) is 23.1. The fourth-order valence-corrected chi connectivity index (χ4v) is 2.32. The molecule has 0 saturated carbocycles. The lowest BCUT2D eigenvalue weighted by Crippen LogP contribution is -2.55. The van der Waals surface area contributed by atoms with Crippen LogP contribution >= 0.6 is 0 Å². The predicted molar refractivity (Wildman–Crippen MR) is 99.9 cm³/mol. The lowest BCUT2D eigenvalue weighted by molar-refractivity contribution is -0.141. The van der Waals surface area contributed by atoms with E-state index in [2.05, 4.69) is 25.9 Å². The number of carboxylic acid groups (broad SMARTS) is 1. The maximum absolute atomic E-state index is 12.5. The average Bonchev–Trinajstić information content (AvgIpc) is 3.16. The van der Waals surface area contributed by atoms with Crippen LogP contribution in [0.25, 0.3) is 0 Å². The number of aromatic nitrogens is 2. The lowest BCUT2D eigenvalue weighted by atomic mass is 9.97. The minimum atomic E-state index is -1.18. The van der Waals surface area contributed by atoms with Gasteiger partial charge >= 0.3 is 5.97 Å². The Morgan fingerprint density at radius 2 is 1.89 bits per heavy atom. The van der Waals surface area contributed by atoms with Crippen LogP contribution in [0.5, 0.6) is 0 Å². The summed E-state index contributed by atoms with van der Waals surface area (Å²) in [6.07, 6.45) is 3.88. The molecular formula is C17H28N6O5. The zero-order valence-corrected chi connectivity index (χ0v) is 16.2. The maximum atomic E-state index is 12.5. The molecule has 0 spiro atoms. The number of imidazole rings is 1. The summed E-state index contributed by atoms with van der Waals surface area (Å²) in [5.74, 6) is -3.08. The van der Waals surface area contributed by atoms with Crippen LogP contribution in [0.15, 0.2) is 12.5 Å². The molecule has 0 aliphatic heterocycles. The highest BCUT2D eigenvalue weighted by molar-refractivity contribution is 5.92. The van der Waals surface area contributed by atoms with Crippen molar-refractivity contribution in [2.24, 2.45) is 11.7 Å². The summed E-state index contributed by atoms with van der Waals surface area (Å²) in [5, 5.41) is 16.0. The molecule has 1 aromatic rings. The van der Waals surface area contributed by atoms with Gasteiger partial charge in [-0.2, -0.15) is 0 Å². The van der Waals surface area contributed by atoms with Crippen LogP contribution in [0.1, 0.15) is 32.9 Å². The van der Waals surface area contributed by atoms with Gasteiger partial charge in [-0.05, 0) is 12.8 Å². The number of rotatable bonds is 11. The van der Waals surface area contributed by atoms with Crippen LogP contribution < -0.4 is 21.7 Å². The number of carbonyl (C=O) groups excluding carboxylic acids is 3. The van der Waals surface area contributed by atoms with Gasteiger partial charge < -0.3 is 31.8 Å². The number of aromatic amines is 1. The van der Waals surface area contributed by atoms with Gasteiger partial charge in [0.1, 0.15) is 12.1 Å². The fraction of sp³-hybridized carbons (Fsp3) is 0.588. The molecule has 0 saturated heterocycles. The monoisotopic (exact) mass is 396 g/mol. The number of nitrogens with one attached hydrogen (secondary N) is 4. The topological polar surface area (TPSA) is 179 Å². The maximum Gasteiger partial charge on any atom is 0.325 e. The minimum Gasteiger partial charge on any atom is -0.480 e. The molecule has 3 amide bonds. The third kappa shape index (κ3) is 7.35. The molecule has 1 aromatic heterocycles. The molecule has 7 N–H and O–H groups in total. The Balaban J connectivity index is 2.63. The Labute approximate surface area is 162 Å². The van der Waals surface area contributed by atoms with Gasteiger partial charge in [0.25, 0.3) is 0 Å².